The highest BCUT2D eigenvalue weighted by Crippen LogP contribution is 2.37. The minimum Gasteiger partial charge on any atom is -0.497 e. The zero-order chi connectivity index (χ0) is 37.5. The molecule has 14 nitrogen and oxygen atoms in total. The van der Waals surface area contributed by atoms with E-state index in [2.05, 4.69) is 10.6 Å². The third-order valence-electron chi connectivity index (χ3n) is 8.69. The number of hydrogen-bond acceptors (Lipinski definition) is 9. The maximum Gasteiger partial charge on any atom is 0.408 e. The van der Waals surface area contributed by atoms with Gasteiger partial charge in [0.2, 0.25) is 5.91 Å². The summed E-state index contributed by atoms with van der Waals surface area (Å²) < 4.78 is 31.5. The first kappa shape index (κ1) is 37.4. The Morgan fingerprint density at radius 1 is 0.942 bits per heavy atom. The lowest BCUT2D eigenvalue weighted by atomic mass is 10.1. The topological polar surface area (TPSA) is 148 Å². The number of carbonyl (C=O) groups is 3. The number of fused-ring (bicyclic) bond motifs is 1. The summed E-state index contributed by atoms with van der Waals surface area (Å²) in [4.78, 5) is 62.3. The van der Waals surface area contributed by atoms with Crippen LogP contribution in [0.5, 0.6) is 11.5 Å². The highest BCUT2D eigenvalue weighted by Gasteiger charge is 2.34. The molecule has 2 heterocycles. The molecule has 1 fully saturated rings. The molecule has 0 bridgehead atoms. The van der Waals surface area contributed by atoms with Gasteiger partial charge in [0.25, 0.3) is 5.56 Å². The number of nitrogens with zero attached hydrogens (tertiary/aromatic N) is 5. The van der Waals surface area contributed by atoms with Gasteiger partial charge in [-0.1, -0.05) is 19.1 Å². The van der Waals surface area contributed by atoms with Gasteiger partial charge in [-0.15, -0.1) is 0 Å². The fourth-order valence-corrected chi connectivity index (χ4v) is 6.06. The summed E-state index contributed by atoms with van der Waals surface area (Å²) >= 11 is 0. The number of amides is 4. The molecule has 2 N–H and O–H groups in total. The number of ether oxygens (including phenoxy) is 3. The summed E-state index contributed by atoms with van der Waals surface area (Å²) in [7, 11) is 2.98. The first-order valence-corrected chi connectivity index (χ1v) is 17.1. The summed E-state index contributed by atoms with van der Waals surface area (Å²) in [5, 5.41) is 7.66. The number of carbonyl (C=O) groups excluding carboxylic acids is 3. The van der Waals surface area contributed by atoms with Gasteiger partial charge in [0.1, 0.15) is 23.4 Å². The van der Waals surface area contributed by atoms with Gasteiger partial charge >= 0.3 is 12.1 Å². The van der Waals surface area contributed by atoms with Crippen LogP contribution < -0.4 is 35.6 Å². The standard InChI is InChI=1S/C37H44FN7O7/c1-7-29(41-37(49)52-23(2)3)35(47)42-18-20-43(21-19-42)45-33(40-30-11-9-8-10-28(30)34(45)46)24(4)44(31-17-16-27(50-5)22-32(31)51-6)36(48)39-26-14-12-25(38)13-15-26/h8-17,22-24,29H,7,18-21H2,1-6H3,(H,39,48)(H,41,49). The maximum atomic E-state index is 14.3. The Bertz CT molecular complexity index is 1960. The van der Waals surface area contributed by atoms with Crippen LogP contribution >= 0.6 is 0 Å². The third kappa shape index (κ3) is 8.19. The van der Waals surface area contributed by atoms with Gasteiger partial charge in [-0.2, -0.15) is 0 Å². The smallest absolute Gasteiger partial charge is 0.408 e. The predicted molar refractivity (Wildman–Crippen MR) is 195 cm³/mol. The largest absolute Gasteiger partial charge is 0.497 e. The minimum absolute atomic E-state index is 0.250. The second-order valence-electron chi connectivity index (χ2n) is 12.5. The van der Waals surface area contributed by atoms with E-state index in [1.165, 1.54) is 48.1 Å². The second-order valence-corrected chi connectivity index (χ2v) is 12.5. The Kier molecular flexibility index (Phi) is 11.8. The number of benzene rings is 3. The van der Waals surface area contributed by atoms with E-state index in [4.69, 9.17) is 19.2 Å². The van der Waals surface area contributed by atoms with Gasteiger partial charge in [0, 0.05) is 24.8 Å². The fraction of sp³-hybridized carbons (Fsp3) is 0.378. The number of halogens is 1. The summed E-state index contributed by atoms with van der Waals surface area (Å²) in [5.41, 5.74) is 0.787. The number of piperazine rings is 1. The molecule has 4 aromatic rings. The number of methoxy groups -OCH3 is 2. The average Bonchev–Trinajstić information content (AvgIpc) is 3.14. The summed E-state index contributed by atoms with van der Waals surface area (Å²) in [6.45, 7) is 8.02. The van der Waals surface area contributed by atoms with Crippen LogP contribution in [0.1, 0.15) is 46.0 Å². The molecule has 0 radical (unpaired) electrons. The molecule has 3 aromatic carbocycles. The number of para-hydroxylation sites is 1. The van der Waals surface area contributed by atoms with Crippen molar-refractivity contribution in [1.82, 2.24) is 19.9 Å². The number of anilines is 2. The molecule has 52 heavy (non-hydrogen) atoms. The summed E-state index contributed by atoms with van der Waals surface area (Å²) in [6, 6.07) is 15.0. The van der Waals surface area contributed by atoms with Gasteiger partial charge in [-0.05, 0) is 75.7 Å². The number of aromatic nitrogens is 2. The molecule has 1 aliphatic heterocycles. The Balaban J connectivity index is 1.53. The zero-order valence-corrected chi connectivity index (χ0v) is 30.1. The SMILES string of the molecule is CCC(NC(=O)OC(C)C)C(=O)N1CCN(n2c(C(C)N(C(=O)Nc3ccc(F)cc3)c3ccc(OC)cc3OC)nc3ccccc3c2=O)CC1. The van der Waals surface area contributed by atoms with Crippen molar-refractivity contribution in [3.8, 4) is 11.5 Å². The van der Waals surface area contributed by atoms with E-state index in [0.717, 1.165) is 0 Å². The van der Waals surface area contributed by atoms with Crippen LogP contribution in [-0.2, 0) is 9.53 Å². The molecule has 1 aliphatic rings. The number of alkyl carbamates (subject to hydrolysis) is 1. The van der Waals surface area contributed by atoms with Gasteiger partial charge in [0.15, 0.2) is 5.82 Å². The molecule has 2 unspecified atom stereocenters. The van der Waals surface area contributed by atoms with Crippen molar-refractivity contribution in [2.45, 2.75) is 52.3 Å². The minimum atomic E-state index is -0.889. The Morgan fingerprint density at radius 2 is 1.63 bits per heavy atom. The van der Waals surface area contributed by atoms with E-state index in [1.807, 2.05) is 0 Å². The lowest BCUT2D eigenvalue weighted by Crippen LogP contribution is -2.59. The normalized spacial score (nSPS) is 14.1. The fourth-order valence-electron chi connectivity index (χ4n) is 6.06. The van der Waals surface area contributed by atoms with E-state index in [0.29, 0.717) is 40.2 Å². The first-order chi connectivity index (χ1) is 24.9. The van der Waals surface area contributed by atoms with E-state index in [-0.39, 0.29) is 49.6 Å². The van der Waals surface area contributed by atoms with Crippen molar-refractivity contribution in [3.63, 3.8) is 0 Å². The lowest BCUT2D eigenvalue weighted by Gasteiger charge is -2.40. The number of nitrogens with one attached hydrogen (secondary N) is 2. The Hall–Kier alpha value is -5.86. The Labute approximate surface area is 301 Å². The van der Waals surface area contributed by atoms with Gasteiger partial charge in [-0.25, -0.2) is 23.6 Å². The van der Waals surface area contributed by atoms with Gasteiger partial charge in [0.05, 0.1) is 56.0 Å². The van der Waals surface area contributed by atoms with E-state index < -0.39 is 30.0 Å². The Morgan fingerprint density at radius 3 is 2.27 bits per heavy atom. The molecule has 5 rings (SSSR count). The molecule has 4 amide bonds. The van der Waals surface area contributed by atoms with Crippen molar-refractivity contribution < 1.29 is 33.0 Å². The highest BCUT2D eigenvalue weighted by atomic mass is 19.1. The maximum absolute atomic E-state index is 14.3. The van der Waals surface area contributed by atoms with Crippen molar-refractivity contribution in [3.05, 3.63) is 88.7 Å². The predicted octanol–water partition coefficient (Wildman–Crippen LogP) is 5.05. The van der Waals surface area contributed by atoms with Gasteiger partial charge in [-0.3, -0.25) is 14.5 Å². The molecule has 0 spiro atoms. The van der Waals surface area contributed by atoms with Crippen LogP contribution in [0.3, 0.4) is 0 Å². The van der Waals surface area contributed by atoms with E-state index in [9.17, 15) is 23.6 Å². The van der Waals surface area contributed by atoms with Crippen LogP contribution in [0.15, 0.2) is 71.5 Å². The summed E-state index contributed by atoms with van der Waals surface area (Å²) in [5.74, 6) is 0.355. The zero-order valence-electron chi connectivity index (χ0n) is 30.1. The highest BCUT2D eigenvalue weighted by molar-refractivity contribution is 6.03. The number of urea groups is 1. The molecule has 1 aromatic heterocycles. The second kappa shape index (κ2) is 16.4. The molecule has 0 aliphatic carbocycles. The molecule has 1 saturated heterocycles. The van der Waals surface area contributed by atoms with Gasteiger partial charge < -0.3 is 34.8 Å². The van der Waals surface area contributed by atoms with Crippen LogP contribution in [0.2, 0.25) is 0 Å². The summed E-state index contributed by atoms with van der Waals surface area (Å²) in [6.07, 6.45) is -0.632. The van der Waals surface area contributed by atoms with Crippen LogP contribution in [0.25, 0.3) is 10.9 Å². The molecule has 276 valence electrons. The molecule has 2 atom stereocenters. The monoisotopic (exact) mass is 717 g/mol. The average molecular weight is 718 g/mol. The molecule has 0 saturated carbocycles. The van der Waals surface area contributed by atoms with Crippen molar-refractivity contribution in [1.29, 1.82) is 0 Å². The van der Waals surface area contributed by atoms with E-state index in [1.54, 1.807) is 80.1 Å². The van der Waals surface area contributed by atoms with Crippen molar-refractivity contribution in [2.24, 2.45) is 0 Å². The number of rotatable bonds is 11. The van der Waals surface area contributed by atoms with Crippen LogP contribution in [0, 0.1) is 5.82 Å². The lowest BCUT2D eigenvalue weighted by molar-refractivity contribution is -0.133. The van der Waals surface area contributed by atoms with Crippen molar-refractivity contribution >= 4 is 40.3 Å². The van der Waals surface area contributed by atoms with Crippen molar-refractivity contribution in [2.75, 3.05) is 55.6 Å². The molecular formula is C37H44FN7O7. The van der Waals surface area contributed by atoms with E-state index >= 15 is 0 Å². The number of hydrogen-bond donors (Lipinski definition) is 2. The first-order valence-electron chi connectivity index (χ1n) is 17.1. The van der Waals surface area contributed by atoms with Crippen LogP contribution in [-0.4, -0.2) is 85.1 Å². The third-order valence-corrected chi connectivity index (χ3v) is 8.69. The quantitative estimate of drug-likeness (QED) is 0.218. The molecular weight excluding hydrogens is 673 g/mol. The molecule has 15 heteroatoms. The van der Waals surface area contributed by atoms with Crippen LogP contribution in [0.4, 0.5) is 25.4 Å².